The Morgan fingerprint density at radius 2 is 2.00 bits per heavy atom. The molecule has 0 radical (unpaired) electrons. The van der Waals surface area contributed by atoms with Gasteiger partial charge in [-0.1, -0.05) is 19.1 Å². The van der Waals surface area contributed by atoms with Crippen molar-refractivity contribution in [3.05, 3.63) is 35.4 Å². The van der Waals surface area contributed by atoms with Crippen LogP contribution in [-0.4, -0.2) is 41.8 Å². The highest BCUT2D eigenvalue weighted by Gasteiger charge is 2.31. The molecule has 1 aromatic rings. The maximum absolute atomic E-state index is 12.8. The third-order valence-corrected chi connectivity index (χ3v) is 5.26. The third-order valence-electron chi connectivity index (χ3n) is 5.26. The Kier molecular flexibility index (Phi) is 5.18. The molecule has 2 fully saturated rings. The van der Waals surface area contributed by atoms with E-state index in [4.69, 9.17) is 5.73 Å². The number of carbonyl (C=O) groups is 3. The molecule has 0 spiro atoms. The molecule has 2 aliphatic heterocycles. The van der Waals surface area contributed by atoms with Crippen LogP contribution in [0.2, 0.25) is 0 Å². The van der Waals surface area contributed by atoms with Gasteiger partial charge in [-0.15, -0.1) is 0 Å². The lowest BCUT2D eigenvalue weighted by Crippen LogP contribution is -2.49. The first kappa shape index (κ1) is 17.6. The number of benzene rings is 1. The van der Waals surface area contributed by atoms with Gasteiger partial charge in [0.2, 0.25) is 11.8 Å². The number of imide groups is 1. The van der Waals surface area contributed by atoms with Crippen molar-refractivity contribution in [2.75, 3.05) is 13.1 Å². The molecule has 2 saturated heterocycles. The van der Waals surface area contributed by atoms with Crippen molar-refractivity contribution < 1.29 is 14.4 Å². The molecule has 3 amide bonds. The van der Waals surface area contributed by atoms with Crippen LogP contribution in [0.15, 0.2) is 24.3 Å². The molecule has 3 unspecified atom stereocenters. The van der Waals surface area contributed by atoms with Gasteiger partial charge in [0, 0.05) is 31.1 Å². The number of rotatable bonds is 4. The normalized spacial score (nSPS) is 26.6. The summed E-state index contributed by atoms with van der Waals surface area (Å²) in [5.41, 5.74) is 7.45. The van der Waals surface area contributed by atoms with Crippen LogP contribution in [0.25, 0.3) is 0 Å². The molecule has 3 N–H and O–H groups in total. The van der Waals surface area contributed by atoms with Gasteiger partial charge in [-0.2, -0.15) is 0 Å². The second-order valence-corrected chi connectivity index (χ2v) is 7.23. The van der Waals surface area contributed by atoms with E-state index >= 15 is 0 Å². The van der Waals surface area contributed by atoms with Gasteiger partial charge in [0.1, 0.15) is 0 Å². The second-order valence-electron chi connectivity index (χ2n) is 7.23. The van der Waals surface area contributed by atoms with E-state index in [9.17, 15) is 14.4 Å². The van der Waals surface area contributed by atoms with E-state index in [-0.39, 0.29) is 36.1 Å². The van der Waals surface area contributed by atoms with Crippen LogP contribution >= 0.6 is 0 Å². The van der Waals surface area contributed by atoms with Gasteiger partial charge < -0.3 is 10.6 Å². The molecule has 2 aliphatic rings. The maximum atomic E-state index is 12.8. The summed E-state index contributed by atoms with van der Waals surface area (Å²) in [5, 5.41) is 2.32. The predicted octanol–water partition coefficient (Wildman–Crippen LogP) is 1.09. The fourth-order valence-electron chi connectivity index (χ4n) is 3.75. The zero-order chi connectivity index (χ0) is 18.0. The highest BCUT2D eigenvalue weighted by Crippen LogP contribution is 2.24. The van der Waals surface area contributed by atoms with E-state index < -0.39 is 0 Å². The quantitative estimate of drug-likeness (QED) is 0.801. The van der Waals surface area contributed by atoms with Crippen molar-refractivity contribution in [1.29, 1.82) is 0 Å². The zero-order valence-electron chi connectivity index (χ0n) is 14.5. The van der Waals surface area contributed by atoms with Crippen LogP contribution in [0.1, 0.15) is 42.1 Å². The molecule has 0 aromatic heterocycles. The first-order valence-corrected chi connectivity index (χ1v) is 8.91. The van der Waals surface area contributed by atoms with Crippen LogP contribution in [0.5, 0.6) is 0 Å². The van der Waals surface area contributed by atoms with Crippen LogP contribution in [0.4, 0.5) is 0 Å². The van der Waals surface area contributed by atoms with E-state index in [0.29, 0.717) is 24.4 Å². The van der Waals surface area contributed by atoms with E-state index in [2.05, 4.69) is 12.2 Å². The summed E-state index contributed by atoms with van der Waals surface area (Å²) in [6, 6.07) is 7.44. The highest BCUT2D eigenvalue weighted by molar-refractivity contribution is 6.03. The first-order valence-electron chi connectivity index (χ1n) is 8.91. The van der Waals surface area contributed by atoms with Gasteiger partial charge in [-0.05, 0) is 42.9 Å². The van der Waals surface area contributed by atoms with Crippen molar-refractivity contribution in [2.24, 2.45) is 17.6 Å². The Bertz CT molecular complexity index is 671. The largest absolute Gasteiger partial charge is 0.334 e. The number of likely N-dealkylation sites (tertiary alicyclic amines) is 1. The van der Waals surface area contributed by atoms with Crippen molar-refractivity contribution in [3.8, 4) is 0 Å². The molecule has 25 heavy (non-hydrogen) atoms. The molecule has 6 heteroatoms. The van der Waals surface area contributed by atoms with E-state index in [1.807, 2.05) is 17.0 Å². The average molecular weight is 343 g/mol. The summed E-state index contributed by atoms with van der Waals surface area (Å²) in [5.74, 6) is -0.116. The minimum atomic E-state index is -0.306. The lowest BCUT2D eigenvalue weighted by atomic mass is 9.91. The summed E-state index contributed by atoms with van der Waals surface area (Å²) >= 11 is 0. The minimum Gasteiger partial charge on any atom is -0.334 e. The number of carbonyl (C=O) groups excluding carboxylic acids is 3. The summed E-state index contributed by atoms with van der Waals surface area (Å²) < 4.78 is 0. The Morgan fingerprint density at radius 3 is 2.60 bits per heavy atom. The molecule has 6 nitrogen and oxygen atoms in total. The van der Waals surface area contributed by atoms with E-state index in [0.717, 1.165) is 24.9 Å². The molecule has 134 valence electrons. The number of nitrogens with one attached hydrogen (secondary N) is 1. The predicted molar refractivity (Wildman–Crippen MR) is 93.7 cm³/mol. The van der Waals surface area contributed by atoms with E-state index in [1.165, 1.54) is 0 Å². The molecule has 3 atom stereocenters. The van der Waals surface area contributed by atoms with Gasteiger partial charge in [0.15, 0.2) is 0 Å². The molecule has 0 saturated carbocycles. The fraction of sp³-hybridized carbons (Fsp3) is 0.526. The lowest BCUT2D eigenvalue weighted by Gasteiger charge is -2.38. The van der Waals surface area contributed by atoms with Gasteiger partial charge in [-0.25, -0.2) is 0 Å². The molecule has 0 aliphatic carbocycles. The number of amides is 3. The van der Waals surface area contributed by atoms with Gasteiger partial charge in [0.05, 0.1) is 5.92 Å². The van der Waals surface area contributed by atoms with Crippen molar-refractivity contribution in [1.82, 2.24) is 10.2 Å². The SMILES string of the molecule is CC1CCN(C(=O)c2ccc(CC3CC(=O)NC3=O)cc2)C(CN)C1. The average Bonchev–Trinajstić information content (AvgIpc) is 2.92. The van der Waals surface area contributed by atoms with E-state index in [1.54, 1.807) is 12.1 Å². The Labute approximate surface area is 147 Å². The van der Waals surface area contributed by atoms with Gasteiger partial charge >= 0.3 is 0 Å². The molecule has 3 rings (SSSR count). The Balaban J connectivity index is 1.66. The molecular weight excluding hydrogens is 318 g/mol. The molecule has 2 heterocycles. The molecule has 1 aromatic carbocycles. The van der Waals surface area contributed by atoms with Crippen LogP contribution < -0.4 is 11.1 Å². The number of piperidine rings is 1. The summed E-state index contributed by atoms with van der Waals surface area (Å²) in [6.45, 7) is 3.43. The summed E-state index contributed by atoms with van der Waals surface area (Å²) in [6.07, 6.45) is 2.71. The molecule has 0 bridgehead atoms. The van der Waals surface area contributed by atoms with Crippen LogP contribution in [0, 0.1) is 11.8 Å². The summed E-state index contributed by atoms with van der Waals surface area (Å²) in [7, 11) is 0. The van der Waals surface area contributed by atoms with Crippen LogP contribution in [-0.2, 0) is 16.0 Å². The number of nitrogens with two attached hydrogens (primary N) is 1. The van der Waals surface area contributed by atoms with Crippen molar-refractivity contribution in [2.45, 2.75) is 38.6 Å². The highest BCUT2D eigenvalue weighted by atomic mass is 16.2. The first-order chi connectivity index (χ1) is 12.0. The number of hydrogen-bond acceptors (Lipinski definition) is 4. The Morgan fingerprint density at radius 1 is 1.28 bits per heavy atom. The zero-order valence-corrected chi connectivity index (χ0v) is 14.5. The third kappa shape index (κ3) is 3.90. The Hall–Kier alpha value is -2.21. The topological polar surface area (TPSA) is 92.5 Å². The molecular formula is C19H25N3O3. The van der Waals surface area contributed by atoms with Crippen LogP contribution in [0.3, 0.4) is 0 Å². The number of hydrogen-bond donors (Lipinski definition) is 2. The fourth-order valence-corrected chi connectivity index (χ4v) is 3.75. The van der Waals surface area contributed by atoms with Gasteiger partial charge in [-0.3, -0.25) is 19.7 Å². The second kappa shape index (κ2) is 7.35. The smallest absolute Gasteiger partial charge is 0.254 e. The standard InChI is InChI=1S/C19H25N3O3/c1-12-6-7-22(16(8-12)11-20)19(25)14-4-2-13(3-5-14)9-15-10-17(23)21-18(15)24/h2-5,12,15-16H,6-11,20H2,1H3,(H,21,23,24). The summed E-state index contributed by atoms with van der Waals surface area (Å²) in [4.78, 5) is 37.6. The maximum Gasteiger partial charge on any atom is 0.254 e. The van der Waals surface area contributed by atoms with Gasteiger partial charge in [0.25, 0.3) is 5.91 Å². The monoisotopic (exact) mass is 343 g/mol. The van der Waals surface area contributed by atoms with Crippen molar-refractivity contribution in [3.63, 3.8) is 0 Å². The minimum absolute atomic E-state index is 0.0164. The number of nitrogens with zero attached hydrogens (tertiary/aromatic N) is 1. The van der Waals surface area contributed by atoms with Crippen molar-refractivity contribution >= 4 is 17.7 Å². The lowest BCUT2D eigenvalue weighted by molar-refractivity contribution is -0.125.